The van der Waals surface area contributed by atoms with Crippen LogP contribution in [0.15, 0.2) is 0 Å². The molecule has 3 aliphatic carbocycles. The summed E-state index contributed by atoms with van der Waals surface area (Å²) in [5.41, 5.74) is -0.632. The Labute approximate surface area is 117 Å². The van der Waals surface area contributed by atoms with E-state index in [0.717, 1.165) is 23.7 Å². The van der Waals surface area contributed by atoms with Gasteiger partial charge < -0.3 is 15.2 Å². The van der Waals surface area contributed by atoms with Crippen LogP contribution in [0.3, 0.4) is 0 Å². The molecule has 3 nitrogen and oxygen atoms in total. The summed E-state index contributed by atoms with van der Waals surface area (Å²) >= 11 is 0. The van der Waals surface area contributed by atoms with Crippen LogP contribution in [-0.2, 0) is 4.74 Å². The number of hydrogen-bond acceptors (Lipinski definition) is 3. The van der Waals surface area contributed by atoms with Crippen molar-refractivity contribution in [1.82, 2.24) is 5.32 Å². The number of ether oxygens (including phenoxy) is 1. The lowest BCUT2D eigenvalue weighted by Crippen LogP contribution is -2.47. The van der Waals surface area contributed by atoms with Gasteiger partial charge in [0.2, 0.25) is 0 Å². The number of nitrogens with one attached hydrogen (secondary N) is 1. The third-order valence-electron chi connectivity index (χ3n) is 6.02. The molecule has 6 atom stereocenters. The standard InChI is InChI=1S/C16H29NO2/c1-16(18,6-7-19-2)10-17-15-9-11-8-14(15)13-5-3-4-12(11)13/h11-15,17-18H,3-10H2,1-2H3. The minimum absolute atomic E-state index is 0.632. The lowest BCUT2D eigenvalue weighted by Gasteiger charge is -2.34. The van der Waals surface area contributed by atoms with Crippen molar-refractivity contribution in [3.63, 3.8) is 0 Å². The van der Waals surface area contributed by atoms with Gasteiger partial charge >= 0.3 is 0 Å². The fourth-order valence-corrected chi connectivity index (χ4v) is 5.06. The van der Waals surface area contributed by atoms with Gasteiger partial charge in [0.25, 0.3) is 0 Å². The van der Waals surface area contributed by atoms with Gasteiger partial charge in [-0.1, -0.05) is 6.42 Å². The summed E-state index contributed by atoms with van der Waals surface area (Å²) in [5, 5.41) is 14.0. The Balaban J connectivity index is 1.49. The molecule has 3 rings (SSSR count). The van der Waals surface area contributed by atoms with E-state index in [1.807, 2.05) is 6.92 Å². The predicted octanol–water partition coefficient (Wildman–Crippen LogP) is 2.19. The molecule has 3 saturated carbocycles. The van der Waals surface area contributed by atoms with E-state index in [9.17, 15) is 5.11 Å². The Kier molecular flexibility index (Phi) is 3.89. The van der Waals surface area contributed by atoms with Crippen molar-refractivity contribution in [3.8, 4) is 0 Å². The summed E-state index contributed by atoms with van der Waals surface area (Å²) in [6.07, 6.45) is 7.93. The molecular weight excluding hydrogens is 238 g/mol. The quantitative estimate of drug-likeness (QED) is 0.775. The Morgan fingerprint density at radius 3 is 2.79 bits per heavy atom. The average molecular weight is 267 g/mol. The Bertz CT molecular complexity index is 318. The fraction of sp³-hybridized carbons (Fsp3) is 1.00. The zero-order chi connectivity index (χ0) is 13.5. The minimum Gasteiger partial charge on any atom is -0.389 e. The minimum atomic E-state index is -0.632. The topological polar surface area (TPSA) is 41.5 Å². The van der Waals surface area contributed by atoms with Crippen LogP contribution in [0.25, 0.3) is 0 Å². The van der Waals surface area contributed by atoms with Crippen LogP contribution in [0.1, 0.15) is 45.4 Å². The zero-order valence-electron chi connectivity index (χ0n) is 12.4. The second kappa shape index (κ2) is 5.34. The van der Waals surface area contributed by atoms with Crippen molar-refractivity contribution in [2.45, 2.75) is 57.1 Å². The fourth-order valence-electron chi connectivity index (χ4n) is 5.06. The van der Waals surface area contributed by atoms with Crippen LogP contribution in [0.2, 0.25) is 0 Å². The number of methoxy groups -OCH3 is 1. The third kappa shape index (κ3) is 2.70. The van der Waals surface area contributed by atoms with Crippen molar-refractivity contribution in [3.05, 3.63) is 0 Å². The van der Waals surface area contributed by atoms with Crippen LogP contribution in [-0.4, -0.2) is 37.0 Å². The summed E-state index contributed by atoms with van der Waals surface area (Å²) in [4.78, 5) is 0. The molecule has 110 valence electrons. The second-order valence-electron chi connectivity index (χ2n) is 7.38. The van der Waals surface area contributed by atoms with Crippen LogP contribution < -0.4 is 5.32 Å². The molecule has 3 fully saturated rings. The lowest BCUT2D eigenvalue weighted by molar-refractivity contribution is 0.0195. The van der Waals surface area contributed by atoms with E-state index in [4.69, 9.17) is 4.74 Å². The van der Waals surface area contributed by atoms with Crippen LogP contribution >= 0.6 is 0 Å². The maximum atomic E-state index is 10.3. The number of hydrogen-bond donors (Lipinski definition) is 2. The number of fused-ring (bicyclic) bond motifs is 5. The molecule has 0 aromatic rings. The van der Waals surface area contributed by atoms with E-state index in [1.54, 1.807) is 7.11 Å². The number of rotatable bonds is 6. The van der Waals surface area contributed by atoms with Crippen molar-refractivity contribution in [1.29, 1.82) is 0 Å². The van der Waals surface area contributed by atoms with Crippen molar-refractivity contribution < 1.29 is 9.84 Å². The Morgan fingerprint density at radius 2 is 2.00 bits per heavy atom. The average Bonchev–Trinajstić information content (AvgIpc) is 3.05. The van der Waals surface area contributed by atoms with Gasteiger partial charge in [0.05, 0.1) is 5.60 Å². The molecule has 0 amide bonds. The highest BCUT2D eigenvalue weighted by Crippen LogP contribution is 2.58. The van der Waals surface area contributed by atoms with Crippen molar-refractivity contribution >= 4 is 0 Å². The van der Waals surface area contributed by atoms with Gasteiger partial charge in [-0.2, -0.15) is 0 Å². The van der Waals surface area contributed by atoms with E-state index in [-0.39, 0.29) is 0 Å². The maximum Gasteiger partial charge on any atom is 0.0765 e. The molecule has 0 aromatic carbocycles. The summed E-state index contributed by atoms with van der Waals surface area (Å²) in [6, 6.07) is 0.665. The first-order valence-corrected chi connectivity index (χ1v) is 8.05. The highest BCUT2D eigenvalue weighted by atomic mass is 16.5. The summed E-state index contributed by atoms with van der Waals surface area (Å²) in [7, 11) is 1.69. The molecule has 6 unspecified atom stereocenters. The molecule has 0 heterocycles. The molecule has 0 saturated heterocycles. The molecular formula is C16H29NO2. The van der Waals surface area contributed by atoms with E-state index in [1.165, 1.54) is 32.1 Å². The van der Waals surface area contributed by atoms with Crippen LogP contribution in [0.4, 0.5) is 0 Å². The molecule has 0 radical (unpaired) electrons. The van der Waals surface area contributed by atoms with Gasteiger partial charge in [0, 0.05) is 32.7 Å². The van der Waals surface area contributed by atoms with Crippen molar-refractivity contribution in [2.24, 2.45) is 23.7 Å². The van der Waals surface area contributed by atoms with Crippen molar-refractivity contribution in [2.75, 3.05) is 20.3 Å². The first-order chi connectivity index (χ1) is 9.11. The molecule has 2 N–H and O–H groups in total. The third-order valence-corrected chi connectivity index (χ3v) is 6.02. The molecule has 19 heavy (non-hydrogen) atoms. The van der Waals surface area contributed by atoms with E-state index in [2.05, 4.69) is 5.32 Å². The van der Waals surface area contributed by atoms with Gasteiger partial charge in [0.15, 0.2) is 0 Å². The first-order valence-electron chi connectivity index (χ1n) is 8.05. The van der Waals surface area contributed by atoms with Gasteiger partial charge in [-0.15, -0.1) is 0 Å². The van der Waals surface area contributed by atoms with Crippen LogP contribution in [0, 0.1) is 23.7 Å². The van der Waals surface area contributed by atoms with Gasteiger partial charge in [-0.25, -0.2) is 0 Å². The SMILES string of the molecule is COCCC(C)(O)CNC1CC2CC1C1CCCC21. The predicted molar refractivity (Wildman–Crippen MR) is 76.0 cm³/mol. The second-order valence-corrected chi connectivity index (χ2v) is 7.38. The molecule has 0 aliphatic heterocycles. The largest absolute Gasteiger partial charge is 0.389 e. The Morgan fingerprint density at radius 1 is 1.21 bits per heavy atom. The van der Waals surface area contributed by atoms with E-state index in [0.29, 0.717) is 25.6 Å². The smallest absolute Gasteiger partial charge is 0.0765 e. The van der Waals surface area contributed by atoms with Gasteiger partial charge in [-0.3, -0.25) is 0 Å². The lowest BCUT2D eigenvalue weighted by atomic mass is 9.79. The molecule has 3 aliphatic rings. The van der Waals surface area contributed by atoms with E-state index < -0.39 is 5.60 Å². The maximum absolute atomic E-state index is 10.3. The Hall–Kier alpha value is -0.120. The van der Waals surface area contributed by atoms with E-state index >= 15 is 0 Å². The molecule has 2 bridgehead atoms. The van der Waals surface area contributed by atoms with Gasteiger partial charge in [-0.05, 0) is 56.3 Å². The van der Waals surface area contributed by atoms with Crippen LogP contribution in [0.5, 0.6) is 0 Å². The number of aliphatic hydroxyl groups is 1. The molecule has 0 spiro atoms. The first kappa shape index (κ1) is 13.8. The monoisotopic (exact) mass is 267 g/mol. The van der Waals surface area contributed by atoms with Gasteiger partial charge in [0.1, 0.15) is 0 Å². The summed E-state index contributed by atoms with van der Waals surface area (Å²) in [6.45, 7) is 3.27. The zero-order valence-corrected chi connectivity index (χ0v) is 12.4. The molecule has 0 aromatic heterocycles. The summed E-state index contributed by atoms with van der Waals surface area (Å²) in [5.74, 6) is 3.94. The molecule has 3 heteroatoms. The summed E-state index contributed by atoms with van der Waals surface area (Å²) < 4.78 is 5.07. The highest BCUT2D eigenvalue weighted by Gasteiger charge is 2.53. The normalized spacial score (nSPS) is 43.4. The highest BCUT2D eigenvalue weighted by molar-refractivity contribution is 5.05.